The molecule has 19 heavy (non-hydrogen) atoms. The highest BCUT2D eigenvalue weighted by molar-refractivity contribution is 5.88. The van der Waals surface area contributed by atoms with Gasteiger partial charge in [-0.2, -0.15) is 0 Å². The molecule has 1 aromatic carbocycles. The van der Waals surface area contributed by atoms with Crippen molar-refractivity contribution in [2.75, 3.05) is 13.7 Å². The second-order valence-electron chi connectivity index (χ2n) is 3.64. The van der Waals surface area contributed by atoms with Gasteiger partial charge >= 0.3 is 5.97 Å². The van der Waals surface area contributed by atoms with Gasteiger partial charge in [-0.05, 0) is 19.1 Å². The number of rotatable bonds is 4. The van der Waals surface area contributed by atoms with Crippen LogP contribution < -0.4 is 4.74 Å². The first kappa shape index (κ1) is 13.1. The monoisotopic (exact) mass is 265 g/mol. The molecule has 0 amide bonds. The second kappa shape index (κ2) is 5.51. The summed E-state index contributed by atoms with van der Waals surface area (Å²) >= 11 is 0. The van der Waals surface area contributed by atoms with E-state index in [0.717, 1.165) is 0 Å². The van der Waals surface area contributed by atoms with Crippen molar-refractivity contribution in [3.63, 3.8) is 0 Å². The van der Waals surface area contributed by atoms with Crippen LogP contribution in [0.5, 0.6) is 5.75 Å². The summed E-state index contributed by atoms with van der Waals surface area (Å²) in [6.07, 6.45) is 0. The molecule has 0 aliphatic rings. The van der Waals surface area contributed by atoms with Gasteiger partial charge in [-0.3, -0.25) is 0 Å². The normalized spacial score (nSPS) is 10.3. The van der Waals surface area contributed by atoms with E-state index in [1.807, 2.05) is 0 Å². The van der Waals surface area contributed by atoms with Gasteiger partial charge in [-0.25, -0.2) is 9.18 Å². The zero-order valence-corrected chi connectivity index (χ0v) is 10.5. The fourth-order valence-corrected chi connectivity index (χ4v) is 1.53. The van der Waals surface area contributed by atoms with Crippen LogP contribution in [-0.2, 0) is 4.74 Å². The summed E-state index contributed by atoms with van der Waals surface area (Å²) in [6, 6.07) is 5.64. The number of esters is 1. The number of carbonyl (C=O) groups is 1. The molecular weight excluding hydrogens is 253 g/mol. The molecule has 1 aromatic heterocycles. The number of methoxy groups -OCH3 is 1. The quantitative estimate of drug-likeness (QED) is 0.795. The number of benzene rings is 1. The summed E-state index contributed by atoms with van der Waals surface area (Å²) in [5.74, 6) is -0.577. The summed E-state index contributed by atoms with van der Waals surface area (Å²) in [7, 11) is 1.45. The average Bonchev–Trinajstić information content (AvgIpc) is 2.88. The molecule has 5 nitrogen and oxygen atoms in total. The van der Waals surface area contributed by atoms with Crippen LogP contribution in [0, 0.1) is 5.82 Å². The maximum Gasteiger partial charge on any atom is 0.360 e. The lowest BCUT2D eigenvalue weighted by molar-refractivity contribution is 0.0514. The fourth-order valence-electron chi connectivity index (χ4n) is 1.53. The third kappa shape index (κ3) is 2.73. The van der Waals surface area contributed by atoms with E-state index in [4.69, 9.17) is 14.0 Å². The highest BCUT2D eigenvalue weighted by atomic mass is 19.1. The number of hydrogen-bond acceptors (Lipinski definition) is 5. The lowest BCUT2D eigenvalue weighted by Gasteiger charge is -2.02. The zero-order chi connectivity index (χ0) is 13.8. The molecule has 2 rings (SSSR count). The largest absolute Gasteiger partial charge is 0.497 e. The fraction of sp³-hybridized carbons (Fsp3) is 0.231. The molecule has 1 heterocycles. The van der Waals surface area contributed by atoms with E-state index in [0.29, 0.717) is 5.75 Å². The van der Waals surface area contributed by atoms with Crippen LogP contribution in [0.15, 0.2) is 28.8 Å². The van der Waals surface area contributed by atoms with Crippen LogP contribution in [0.25, 0.3) is 11.3 Å². The molecule has 0 bridgehead atoms. The predicted molar refractivity (Wildman–Crippen MR) is 64.4 cm³/mol. The van der Waals surface area contributed by atoms with Gasteiger partial charge in [0.05, 0.1) is 19.3 Å². The van der Waals surface area contributed by atoms with Gasteiger partial charge in [0.2, 0.25) is 0 Å². The van der Waals surface area contributed by atoms with Gasteiger partial charge in [0.25, 0.3) is 0 Å². The molecule has 0 fully saturated rings. The topological polar surface area (TPSA) is 61.6 Å². The van der Waals surface area contributed by atoms with Crippen molar-refractivity contribution in [3.05, 3.63) is 35.8 Å². The lowest BCUT2D eigenvalue weighted by Crippen LogP contribution is -2.04. The van der Waals surface area contributed by atoms with Crippen molar-refractivity contribution < 1.29 is 23.2 Å². The Morgan fingerprint density at radius 2 is 2.21 bits per heavy atom. The van der Waals surface area contributed by atoms with Crippen molar-refractivity contribution in [1.82, 2.24) is 5.16 Å². The molecule has 0 radical (unpaired) electrons. The number of aromatic nitrogens is 1. The highest BCUT2D eigenvalue weighted by Gasteiger charge is 2.17. The Morgan fingerprint density at radius 1 is 1.42 bits per heavy atom. The molecule has 0 unspecified atom stereocenters. The van der Waals surface area contributed by atoms with E-state index in [1.165, 1.54) is 25.3 Å². The number of hydrogen-bond donors (Lipinski definition) is 0. The molecule has 0 saturated heterocycles. The molecule has 6 heteroatoms. The van der Waals surface area contributed by atoms with Crippen LogP contribution in [-0.4, -0.2) is 24.8 Å². The number of halogens is 1. The smallest absolute Gasteiger partial charge is 0.360 e. The van der Waals surface area contributed by atoms with E-state index in [2.05, 4.69) is 5.16 Å². The Morgan fingerprint density at radius 3 is 2.84 bits per heavy atom. The lowest BCUT2D eigenvalue weighted by atomic mass is 10.1. The van der Waals surface area contributed by atoms with Crippen LogP contribution in [0.1, 0.15) is 17.4 Å². The molecule has 0 saturated carbocycles. The van der Waals surface area contributed by atoms with Gasteiger partial charge in [0, 0.05) is 12.1 Å². The first-order valence-electron chi connectivity index (χ1n) is 5.63. The van der Waals surface area contributed by atoms with Crippen LogP contribution in [0.2, 0.25) is 0 Å². The Labute approximate surface area is 108 Å². The van der Waals surface area contributed by atoms with Crippen molar-refractivity contribution >= 4 is 5.97 Å². The van der Waals surface area contributed by atoms with Gasteiger partial charge in [0.1, 0.15) is 11.6 Å². The Kier molecular flexibility index (Phi) is 3.79. The average molecular weight is 265 g/mol. The third-order valence-corrected chi connectivity index (χ3v) is 2.44. The molecule has 0 aliphatic carbocycles. The molecule has 0 aliphatic heterocycles. The van der Waals surface area contributed by atoms with Gasteiger partial charge < -0.3 is 14.0 Å². The van der Waals surface area contributed by atoms with Crippen molar-refractivity contribution in [2.24, 2.45) is 0 Å². The minimum atomic E-state index is -0.605. The molecule has 2 aromatic rings. The standard InChI is InChI=1S/C13H12FNO4/c1-3-18-13(16)11-7-12(19-15-11)9-5-4-8(17-2)6-10(9)14/h4-7H,3H2,1-2H3. The van der Waals surface area contributed by atoms with E-state index in [9.17, 15) is 9.18 Å². The van der Waals surface area contributed by atoms with Crippen LogP contribution >= 0.6 is 0 Å². The van der Waals surface area contributed by atoms with Gasteiger partial charge in [0.15, 0.2) is 11.5 Å². The highest BCUT2D eigenvalue weighted by Crippen LogP contribution is 2.26. The number of carbonyl (C=O) groups excluding carboxylic acids is 1. The van der Waals surface area contributed by atoms with Crippen molar-refractivity contribution in [1.29, 1.82) is 0 Å². The maximum absolute atomic E-state index is 13.8. The number of nitrogens with zero attached hydrogens (tertiary/aromatic N) is 1. The SMILES string of the molecule is CCOC(=O)c1cc(-c2ccc(OC)cc2F)on1. The summed E-state index contributed by atoms with van der Waals surface area (Å²) in [5.41, 5.74) is 0.205. The van der Waals surface area contributed by atoms with Crippen molar-refractivity contribution in [2.45, 2.75) is 6.92 Å². The zero-order valence-electron chi connectivity index (χ0n) is 10.5. The Hall–Kier alpha value is -2.37. The minimum Gasteiger partial charge on any atom is -0.497 e. The van der Waals surface area contributed by atoms with Gasteiger partial charge in [-0.15, -0.1) is 0 Å². The predicted octanol–water partition coefficient (Wildman–Crippen LogP) is 2.67. The van der Waals surface area contributed by atoms with Crippen LogP contribution in [0.4, 0.5) is 4.39 Å². The molecule has 0 atom stereocenters. The van der Waals surface area contributed by atoms with E-state index < -0.39 is 11.8 Å². The third-order valence-electron chi connectivity index (χ3n) is 2.44. The number of ether oxygens (including phenoxy) is 2. The molecule has 100 valence electrons. The molecule has 0 spiro atoms. The Balaban J connectivity index is 2.30. The summed E-state index contributed by atoms with van der Waals surface area (Å²) in [4.78, 5) is 11.4. The molecule has 0 N–H and O–H groups in total. The second-order valence-corrected chi connectivity index (χ2v) is 3.64. The van der Waals surface area contributed by atoms with E-state index in [1.54, 1.807) is 13.0 Å². The first-order chi connectivity index (χ1) is 9.15. The summed E-state index contributed by atoms with van der Waals surface area (Å²) in [5, 5.41) is 3.55. The van der Waals surface area contributed by atoms with E-state index >= 15 is 0 Å². The maximum atomic E-state index is 13.8. The Bertz CT molecular complexity index is 594. The van der Waals surface area contributed by atoms with Gasteiger partial charge in [-0.1, -0.05) is 5.16 Å². The summed E-state index contributed by atoms with van der Waals surface area (Å²) < 4.78 is 28.4. The summed E-state index contributed by atoms with van der Waals surface area (Å²) in [6.45, 7) is 1.92. The van der Waals surface area contributed by atoms with Crippen molar-refractivity contribution in [3.8, 4) is 17.1 Å². The van der Waals surface area contributed by atoms with E-state index in [-0.39, 0.29) is 23.6 Å². The van der Waals surface area contributed by atoms with Crippen LogP contribution in [0.3, 0.4) is 0 Å². The minimum absolute atomic E-state index is 0.00654. The molecular formula is C13H12FNO4. The first-order valence-corrected chi connectivity index (χ1v) is 5.63.